The molecule has 0 saturated heterocycles. The molecule has 0 aliphatic rings. The summed E-state index contributed by atoms with van der Waals surface area (Å²) in [6, 6.07) is 10.1. The van der Waals surface area contributed by atoms with Gasteiger partial charge in [-0.3, -0.25) is 14.5 Å². The van der Waals surface area contributed by atoms with E-state index < -0.39 is 23.6 Å². The van der Waals surface area contributed by atoms with Gasteiger partial charge in [0.05, 0.1) is 0 Å². The lowest BCUT2D eigenvalue weighted by atomic mass is 10.0. The highest BCUT2D eigenvalue weighted by Gasteiger charge is 2.30. The molecule has 0 radical (unpaired) electrons. The summed E-state index contributed by atoms with van der Waals surface area (Å²) in [4.78, 5) is 38.1. The Labute approximate surface area is 166 Å². The van der Waals surface area contributed by atoms with Crippen molar-refractivity contribution in [3.8, 4) is 12.5 Å². The standard InChI is InChI=1S/C21H29N3O4/c1-6-8-14-22-19(26)18(16-12-10-9-11-13-16)24(7-2)17(25)15-23-20(27)28-21(3,4)5/h2,9-13,18H,6,8,14-15H2,1,3-5H3,(H,22,26)(H,23,27). The number of rotatable bonds is 8. The minimum atomic E-state index is -0.990. The molecular weight excluding hydrogens is 358 g/mol. The molecule has 0 aliphatic heterocycles. The van der Waals surface area contributed by atoms with Crippen molar-refractivity contribution in [1.82, 2.24) is 15.5 Å². The molecule has 0 bridgehead atoms. The van der Waals surface area contributed by atoms with Crippen LogP contribution in [0.3, 0.4) is 0 Å². The van der Waals surface area contributed by atoms with Gasteiger partial charge in [-0.25, -0.2) is 4.79 Å². The van der Waals surface area contributed by atoms with E-state index in [2.05, 4.69) is 16.7 Å². The summed E-state index contributed by atoms with van der Waals surface area (Å²) in [7, 11) is 0. The number of alkyl carbamates (subject to hydrolysis) is 1. The maximum Gasteiger partial charge on any atom is 0.408 e. The topological polar surface area (TPSA) is 87.7 Å². The maximum absolute atomic E-state index is 12.7. The summed E-state index contributed by atoms with van der Waals surface area (Å²) >= 11 is 0. The van der Waals surface area contributed by atoms with Crippen molar-refractivity contribution in [2.45, 2.75) is 52.2 Å². The van der Waals surface area contributed by atoms with E-state index in [0.29, 0.717) is 12.1 Å². The number of unbranched alkanes of at least 4 members (excludes halogenated alkanes) is 1. The normalized spacial score (nSPS) is 11.7. The smallest absolute Gasteiger partial charge is 0.408 e. The van der Waals surface area contributed by atoms with E-state index >= 15 is 0 Å². The largest absolute Gasteiger partial charge is 0.444 e. The van der Waals surface area contributed by atoms with Crippen LogP contribution in [0.4, 0.5) is 4.79 Å². The Bertz CT molecular complexity index is 705. The van der Waals surface area contributed by atoms with Crippen LogP contribution < -0.4 is 10.6 Å². The third-order valence-corrected chi connectivity index (χ3v) is 3.64. The number of benzene rings is 1. The minimum absolute atomic E-state index is 0.372. The van der Waals surface area contributed by atoms with Gasteiger partial charge < -0.3 is 15.4 Å². The molecule has 1 unspecified atom stereocenters. The van der Waals surface area contributed by atoms with E-state index in [0.717, 1.165) is 17.7 Å². The molecule has 0 heterocycles. The van der Waals surface area contributed by atoms with E-state index in [9.17, 15) is 14.4 Å². The highest BCUT2D eigenvalue weighted by molar-refractivity contribution is 5.91. The first kappa shape index (κ1) is 23.0. The Kier molecular flexibility index (Phi) is 9.03. The Hall–Kier alpha value is -3.01. The summed E-state index contributed by atoms with van der Waals surface area (Å²) in [5.41, 5.74) is -0.106. The van der Waals surface area contributed by atoms with Gasteiger partial charge in [0.2, 0.25) is 5.91 Å². The molecule has 0 fully saturated rings. The van der Waals surface area contributed by atoms with Crippen molar-refractivity contribution < 1.29 is 19.1 Å². The lowest BCUT2D eigenvalue weighted by Gasteiger charge is -2.26. The number of nitrogens with zero attached hydrogens (tertiary/aromatic N) is 1. The van der Waals surface area contributed by atoms with Gasteiger partial charge in [-0.1, -0.05) is 50.1 Å². The predicted molar refractivity (Wildman–Crippen MR) is 107 cm³/mol. The van der Waals surface area contributed by atoms with Crippen LogP contribution in [0.1, 0.15) is 52.1 Å². The van der Waals surface area contributed by atoms with Gasteiger partial charge in [0, 0.05) is 12.6 Å². The first-order valence-electron chi connectivity index (χ1n) is 9.27. The van der Waals surface area contributed by atoms with Gasteiger partial charge in [0.25, 0.3) is 5.91 Å². The van der Waals surface area contributed by atoms with Gasteiger partial charge in [-0.15, -0.1) is 0 Å². The highest BCUT2D eigenvalue weighted by Crippen LogP contribution is 2.20. The van der Waals surface area contributed by atoms with E-state index in [1.54, 1.807) is 45.0 Å². The monoisotopic (exact) mass is 387 g/mol. The number of nitrogens with one attached hydrogen (secondary N) is 2. The Morgan fingerprint density at radius 2 is 1.82 bits per heavy atom. The summed E-state index contributed by atoms with van der Waals surface area (Å²) in [5, 5.41) is 5.18. The van der Waals surface area contributed by atoms with Crippen molar-refractivity contribution in [2.75, 3.05) is 13.1 Å². The van der Waals surface area contributed by atoms with E-state index in [1.165, 1.54) is 0 Å². The molecule has 1 aromatic carbocycles. The van der Waals surface area contributed by atoms with Crippen LogP contribution in [0.25, 0.3) is 0 Å². The number of hydrogen-bond donors (Lipinski definition) is 2. The van der Waals surface area contributed by atoms with Crippen LogP contribution >= 0.6 is 0 Å². The zero-order valence-corrected chi connectivity index (χ0v) is 17.0. The fourth-order valence-electron chi connectivity index (χ4n) is 2.38. The van der Waals surface area contributed by atoms with Crippen molar-refractivity contribution in [3.63, 3.8) is 0 Å². The molecule has 3 amide bonds. The number of hydrogen-bond acceptors (Lipinski definition) is 4. The number of carbonyl (C=O) groups is 3. The zero-order chi connectivity index (χ0) is 21.2. The average Bonchev–Trinajstić information content (AvgIpc) is 2.63. The number of ether oxygens (including phenoxy) is 1. The zero-order valence-electron chi connectivity index (χ0n) is 17.0. The quantitative estimate of drug-likeness (QED) is 0.408. The van der Waals surface area contributed by atoms with Gasteiger partial charge in [-0.2, -0.15) is 0 Å². The van der Waals surface area contributed by atoms with Gasteiger partial charge in [0.15, 0.2) is 0 Å². The molecule has 28 heavy (non-hydrogen) atoms. The SMILES string of the molecule is C#CN(C(=O)CNC(=O)OC(C)(C)C)C(C(=O)NCCCC)c1ccccc1. The van der Waals surface area contributed by atoms with E-state index in [4.69, 9.17) is 11.2 Å². The second-order valence-corrected chi connectivity index (χ2v) is 7.21. The number of carbonyl (C=O) groups excluding carboxylic acids is 3. The molecule has 7 heteroatoms. The van der Waals surface area contributed by atoms with Crippen LogP contribution in [0.15, 0.2) is 30.3 Å². The molecule has 2 N–H and O–H groups in total. The molecule has 7 nitrogen and oxygen atoms in total. The third kappa shape index (κ3) is 7.70. The van der Waals surface area contributed by atoms with Crippen LogP contribution in [0, 0.1) is 12.5 Å². The summed E-state index contributed by atoms with van der Waals surface area (Å²) in [6.45, 7) is 7.27. The molecule has 1 rings (SSSR count). The van der Waals surface area contributed by atoms with Crippen LogP contribution in [0.5, 0.6) is 0 Å². The first-order valence-corrected chi connectivity index (χ1v) is 9.27. The molecule has 0 aromatic heterocycles. The Morgan fingerprint density at radius 3 is 2.36 bits per heavy atom. The lowest BCUT2D eigenvalue weighted by molar-refractivity contribution is -0.136. The van der Waals surface area contributed by atoms with Gasteiger partial charge >= 0.3 is 6.09 Å². The summed E-state index contributed by atoms with van der Waals surface area (Å²) in [5.74, 6) is -0.962. The van der Waals surface area contributed by atoms with E-state index in [-0.39, 0.29) is 12.5 Å². The van der Waals surface area contributed by atoms with Crippen molar-refractivity contribution in [1.29, 1.82) is 0 Å². The van der Waals surface area contributed by atoms with Crippen molar-refractivity contribution >= 4 is 17.9 Å². The van der Waals surface area contributed by atoms with Crippen LogP contribution in [0.2, 0.25) is 0 Å². The van der Waals surface area contributed by atoms with Crippen LogP contribution in [-0.4, -0.2) is 41.5 Å². The van der Waals surface area contributed by atoms with E-state index in [1.807, 2.05) is 13.0 Å². The molecular formula is C21H29N3O4. The predicted octanol–water partition coefficient (Wildman–Crippen LogP) is 2.59. The molecule has 1 atom stereocenters. The molecule has 0 aliphatic carbocycles. The second-order valence-electron chi connectivity index (χ2n) is 7.21. The average molecular weight is 387 g/mol. The van der Waals surface area contributed by atoms with Crippen molar-refractivity contribution in [3.05, 3.63) is 35.9 Å². The fraction of sp³-hybridized carbons (Fsp3) is 0.476. The molecule has 152 valence electrons. The second kappa shape index (κ2) is 11.0. The maximum atomic E-state index is 12.7. The number of amides is 3. The molecule has 0 saturated carbocycles. The van der Waals surface area contributed by atoms with Gasteiger partial charge in [0.1, 0.15) is 18.2 Å². The van der Waals surface area contributed by atoms with Crippen LogP contribution in [-0.2, 0) is 14.3 Å². The lowest BCUT2D eigenvalue weighted by Crippen LogP contribution is -2.45. The first-order chi connectivity index (χ1) is 13.2. The number of terminal acetylenes is 1. The van der Waals surface area contributed by atoms with Crippen molar-refractivity contribution in [2.24, 2.45) is 0 Å². The Balaban J connectivity index is 2.93. The third-order valence-electron chi connectivity index (χ3n) is 3.64. The Morgan fingerprint density at radius 1 is 1.18 bits per heavy atom. The minimum Gasteiger partial charge on any atom is -0.444 e. The van der Waals surface area contributed by atoms with Gasteiger partial charge in [-0.05, 0) is 32.8 Å². The fourth-order valence-corrected chi connectivity index (χ4v) is 2.38. The molecule has 0 spiro atoms. The highest BCUT2D eigenvalue weighted by atomic mass is 16.6. The summed E-state index contributed by atoms with van der Waals surface area (Å²) in [6.07, 6.45) is 6.55. The molecule has 1 aromatic rings. The summed E-state index contributed by atoms with van der Waals surface area (Å²) < 4.78 is 5.11.